The van der Waals surface area contributed by atoms with Gasteiger partial charge in [-0.25, -0.2) is 0 Å². The molecule has 1 aliphatic rings. The summed E-state index contributed by atoms with van der Waals surface area (Å²) >= 11 is 12.5. The molecule has 2 rings (SSSR count). The third-order valence-corrected chi connectivity index (χ3v) is 6.04. The number of ether oxygens (including phenoxy) is 2. The van der Waals surface area contributed by atoms with Crippen LogP contribution in [0.3, 0.4) is 0 Å². The van der Waals surface area contributed by atoms with Gasteiger partial charge in [-0.3, -0.25) is 0 Å². The second-order valence-electron chi connectivity index (χ2n) is 5.34. The zero-order valence-corrected chi connectivity index (χ0v) is 14.1. The number of unbranched alkanes of at least 4 members (excludes halogenated alkanes) is 1. The number of benzene rings is 1. The molecule has 0 spiro atoms. The molecule has 0 saturated heterocycles. The van der Waals surface area contributed by atoms with E-state index in [1.165, 1.54) is 0 Å². The maximum absolute atomic E-state index is 6.25. The van der Waals surface area contributed by atoms with Gasteiger partial charge >= 0.3 is 0 Å². The molecule has 19 heavy (non-hydrogen) atoms. The normalized spacial score (nSPS) is 22.8. The van der Waals surface area contributed by atoms with Crippen molar-refractivity contribution in [3.05, 3.63) is 23.8 Å². The molecule has 1 aliphatic heterocycles. The monoisotopic (exact) mass is 318 g/mol. The first kappa shape index (κ1) is 15.2. The highest BCUT2D eigenvalue weighted by Crippen LogP contribution is 2.34. The molecule has 0 amide bonds. The average molecular weight is 319 g/mol. The van der Waals surface area contributed by atoms with E-state index in [0.29, 0.717) is 6.61 Å². The van der Waals surface area contributed by atoms with E-state index in [1.54, 1.807) is 0 Å². The molecular weight excluding hydrogens is 299 g/mol. The molecule has 106 valence electrons. The minimum absolute atomic E-state index is 0.507. The molecule has 5 heteroatoms. The zero-order chi connectivity index (χ0) is 14.1. The van der Waals surface area contributed by atoms with Crippen LogP contribution in [0.15, 0.2) is 18.2 Å². The smallest absolute Gasteiger partial charge is 0.277 e. The molecule has 0 aliphatic carbocycles. The molecule has 1 heterocycles. The Kier molecular flexibility index (Phi) is 4.51. The van der Waals surface area contributed by atoms with Crippen molar-refractivity contribution < 1.29 is 9.47 Å². The van der Waals surface area contributed by atoms with Crippen molar-refractivity contribution in [3.63, 3.8) is 0 Å². The van der Waals surface area contributed by atoms with Crippen LogP contribution in [-0.4, -0.2) is 12.5 Å². The maximum atomic E-state index is 6.25. The van der Waals surface area contributed by atoms with E-state index in [1.807, 2.05) is 31.7 Å². The summed E-state index contributed by atoms with van der Waals surface area (Å²) < 4.78 is 11.9. The van der Waals surface area contributed by atoms with E-state index >= 15 is 0 Å². The Morgan fingerprint density at radius 1 is 1.37 bits per heavy atom. The third kappa shape index (κ3) is 3.66. The standard InChI is InChI=1S/C14H20Cl2O2Si/c1-4-5-8-14(2)17-10-11-9-12(19(3,15)16)6-7-13(11)18-14/h6-7,9H,4-5,8,10H2,1-3H3. The summed E-state index contributed by atoms with van der Waals surface area (Å²) in [5, 5.41) is 0.999. The van der Waals surface area contributed by atoms with Crippen LogP contribution in [0.4, 0.5) is 0 Å². The fourth-order valence-corrected chi connectivity index (χ4v) is 3.69. The summed E-state index contributed by atoms with van der Waals surface area (Å²) in [5.41, 5.74) is 1.03. The van der Waals surface area contributed by atoms with Crippen LogP contribution in [0.5, 0.6) is 5.75 Å². The highest BCUT2D eigenvalue weighted by Gasteiger charge is 2.33. The molecule has 0 aromatic heterocycles. The second-order valence-corrected chi connectivity index (χ2v) is 12.8. The van der Waals surface area contributed by atoms with Crippen LogP contribution in [-0.2, 0) is 11.3 Å². The molecule has 1 aromatic rings. The zero-order valence-electron chi connectivity index (χ0n) is 11.6. The summed E-state index contributed by atoms with van der Waals surface area (Å²) in [5.74, 6) is 0.382. The largest absolute Gasteiger partial charge is 0.462 e. The highest BCUT2D eigenvalue weighted by molar-refractivity contribution is 7.50. The first-order valence-electron chi connectivity index (χ1n) is 6.68. The average Bonchev–Trinajstić information content (AvgIpc) is 2.34. The van der Waals surface area contributed by atoms with Crippen LogP contribution < -0.4 is 9.92 Å². The molecule has 1 unspecified atom stereocenters. The SMILES string of the molecule is CCCCC1(C)OCc2cc([Si](C)(Cl)Cl)ccc2O1. The van der Waals surface area contributed by atoms with Gasteiger partial charge in [-0.05, 0) is 24.2 Å². The summed E-state index contributed by atoms with van der Waals surface area (Å²) in [4.78, 5) is 0. The van der Waals surface area contributed by atoms with Gasteiger partial charge in [-0.15, -0.1) is 22.2 Å². The van der Waals surface area contributed by atoms with Gasteiger partial charge in [-0.1, -0.05) is 25.5 Å². The van der Waals surface area contributed by atoms with Crippen molar-refractivity contribution >= 4 is 34.0 Å². The minimum Gasteiger partial charge on any atom is -0.462 e. The van der Waals surface area contributed by atoms with E-state index in [-0.39, 0.29) is 0 Å². The molecule has 1 aromatic carbocycles. The predicted molar refractivity (Wildman–Crippen MR) is 82.7 cm³/mol. The fourth-order valence-electron chi connectivity index (χ4n) is 2.18. The topological polar surface area (TPSA) is 18.5 Å². The van der Waals surface area contributed by atoms with E-state index in [0.717, 1.165) is 35.8 Å². The maximum Gasteiger partial charge on any atom is 0.277 e. The molecule has 0 N–H and O–H groups in total. The van der Waals surface area contributed by atoms with E-state index in [4.69, 9.17) is 31.6 Å². The van der Waals surface area contributed by atoms with E-state index < -0.39 is 12.5 Å². The predicted octanol–water partition coefficient (Wildman–Crippen LogP) is 4.26. The lowest BCUT2D eigenvalue weighted by Crippen LogP contribution is -2.40. The lowest BCUT2D eigenvalue weighted by atomic mass is 10.1. The molecule has 0 fully saturated rings. The van der Waals surface area contributed by atoms with Crippen LogP contribution >= 0.6 is 22.2 Å². The summed E-state index contributed by atoms with van der Waals surface area (Å²) in [6, 6.07) is 5.95. The van der Waals surface area contributed by atoms with Crippen LogP contribution in [0.1, 0.15) is 38.7 Å². The van der Waals surface area contributed by atoms with Gasteiger partial charge in [0.25, 0.3) is 6.69 Å². The Morgan fingerprint density at radius 3 is 2.74 bits per heavy atom. The van der Waals surface area contributed by atoms with E-state index in [9.17, 15) is 0 Å². The number of halogens is 2. The Labute approximate surface area is 125 Å². The Bertz CT molecular complexity index is 459. The van der Waals surface area contributed by atoms with Crippen molar-refractivity contribution in [1.82, 2.24) is 0 Å². The lowest BCUT2D eigenvalue weighted by Gasteiger charge is -2.36. The minimum atomic E-state index is -2.32. The Hall–Kier alpha value is -0.223. The summed E-state index contributed by atoms with van der Waals surface area (Å²) in [7, 11) is 0. The van der Waals surface area contributed by atoms with Gasteiger partial charge in [0.1, 0.15) is 5.75 Å². The van der Waals surface area contributed by atoms with Crippen molar-refractivity contribution in [2.24, 2.45) is 0 Å². The molecule has 0 bridgehead atoms. The summed E-state index contributed by atoms with van der Waals surface area (Å²) in [6.07, 6.45) is 3.14. The van der Waals surface area contributed by atoms with Crippen LogP contribution in [0, 0.1) is 0 Å². The molecule has 1 atom stereocenters. The number of hydrogen-bond acceptors (Lipinski definition) is 2. The van der Waals surface area contributed by atoms with Gasteiger partial charge in [0.2, 0.25) is 5.79 Å². The van der Waals surface area contributed by atoms with Gasteiger partial charge in [-0.2, -0.15) is 0 Å². The van der Waals surface area contributed by atoms with Gasteiger partial charge in [0, 0.05) is 18.9 Å². The third-order valence-electron chi connectivity index (χ3n) is 3.41. The van der Waals surface area contributed by atoms with Gasteiger partial charge in [0.15, 0.2) is 0 Å². The van der Waals surface area contributed by atoms with Crippen molar-refractivity contribution in [2.75, 3.05) is 0 Å². The van der Waals surface area contributed by atoms with Gasteiger partial charge in [0.05, 0.1) is 6.61 Å². The van der Waals surface area contributed by atoms with Crippen molar-refractivity contribution in [3.8, 4) is 5.75 Å². The Morgan fingerprint density at radius 2 is 2.11 bits per heavy atom. The quantitative estimate of drug-likeness (QED) is 0.610. The fraction of sp³-hybridized carbons (Fsp3) is 0.571. The number of fused-ring (bicyclic) bond motifs is 1. The molecule has 0 radical (unpaired) electrons. The molecule has 0 saturated carbocycles. The Balaban J connectivity index is 2.19. The van der Waals surface area contributed by atoms with E-state index in [2.05, 4.69) is 6.92 Å². The first-order valence-corrected chi connectivity index (χ1v) is 11.2. The number of rotatable bonds is 4. The first-order chi connectivity index (χ1) is 8.84. The van der Waals surface area contributed by atoms with Crippen molar-refractivity contribution in [2.45, 2.75) is 52.1 Å². The summed E-state index contributed by atoms with van der Waals surface area (Å²) in [6.45, 7) is 4.30. The van der Waals surface area contributed by atoms with Gasteiger partial charge < -0.3 is 9.47 Å². The molecule has 2 nitrogen and oxygen atoms in total. The van der Waals surface area contributed by atoms with Crippen LogP contribution in [0.2, 0.25) is 6.55 Å². The number of hydrogen-bond donors (Lipinski definition) is 0. The second kappa shape index (κ2) is 5.64. The van der Waals surface area contributed by atoms with Crippen LogP contribution in [0.25, 0.3) is 0 Å². The lowest BCUT2D eigenvalue weighted by molar-refractivity contribution is -0.197. The van der Waals surface area contributed by atoms with Crippen molar-refractivity contribution in [1.29, 1.82) is 0 Å². The highest BCUT2D eigenvalue weighted by atomic mass is 35.7. The molecular formula is C14H20Cl2O2Si.